The largest absolute Gasteiger partial charge is 0.378 e. The lowest BCUT2D eigenvalue weighted by atomic mass is 9.64. The molecule has 1 aromatic carbocycles. The van der Waals surface area contributed by atoms with Crippen molar-refractivity contribution in [2.75, 3.05) is 13.2 Å². The molecule has 6 heteroatoms. The molecule has 1 aromatic rings. The summed E-state index contributed by atoms with van der Waals surface area (Å²) >= 11 is 3.41. The summed E-state index contributed by atoms with van der Waals surface area (Å²) in [6.45, 7) is 5.32. The average Bonchev–Trinajstić information content (AvgIpc) is 2.94. The predicted molar refractivity (Wildman–Crippen MR) is 99.2 cm³/mol. The topological polar surface area (TPSA) is 67.4 Å². The maximum Gasteiger partial charge on any atom is 0.309 e. The molecule has 136 valence electrons. The Morgan fingerprint density at radius 2 is 1.92 bits per heavy atom. The molecule has 1 saturated heterocycles. The first-order valence-corrected chi connectivity index (χ1v) is 9.62. The summed E-state index contributed by atoms with van der Waals surface area (Å²) in [5.74, 6) is -0.940. The lowest BCUT2D eigenvalue weighted by Gasteiger charge is -2.44. The highest BCUT2D eigenvalue weighted by Crippen LogP contribution is 2.49. The van der Waals surface area contributed by atoms with Crippen LogP contribution in [-0.2, 0) is 14.3 Å². The minimum absolute atomic E-state index is 0.0936. The quantitative estimate of drug-likeness (QED) is 0.752. The molecular weight excluding hydrogens is 384 g/mol. The first kappa shape index (κ1) is 18.4. The van der Waals surface area contributed by atoms with Crippen molar-refractivity contribution in [1.29, 1.82) is 0 Å². The molecule has 1 heterocycles. The summed E-state index contributed by atoms with van der Waals surface area (Å²) in [6, 6.07) is 8.07. The van der Waals surface area contributed by atoms with Crippen molar-refractivity contribution in [3.8, 4) is 0 Å². The van der Waals surface area contributed by atoms with Crippen molar-refractivity contribution in [3.05, 3.63) is 34.3 Å². The number of carbonyl (C=O) groups is 2. The number of nitrogens with one attached hydrogen (secondary N) is 2. The monoisotopic (exact) mass is 408 g/mol. The van der Waals surface area contributed by atoms with Gasteiger partial charge in [0, 0.05) is 22.5 Å². The van der Waals surface area contributed by atoms with Gasteiger partial charge in [-0.15, -0.1) is 0 Å². The van der Waals surface area contributed by atoms with Gasteiger partial charge in [-0.25, -0.2) is 0 Å². The van der Waals surface area contributed by atoms with Gasteiger partial charge in [0.1, 0.15) is 0 Å². The highest BCUT2D eigenvalue weighted by atomic mass is 79.9. The van der Waals surface area contributed by atoms with Crippen LogP contribution in [0.2, 0.25) is 0 Å². The van der Waals surface area contributed by atoms with Crippen LogP contribution in [0.1, 0.15) is 44.6 Å². The summed E-state index contributed by atoms with van der Waals surface area (Å²) in [4.78, 5) is 24.1. The lowest BCUT2D eigenvalue weighted by molar-refractivity contribution is -0.140. The summed E-state index contributed by atoms with van der Waals surface area (Å²) in [5, 5.41) is 5.57. The third-order valence-electron chi connectivity index (χ3n) is 5.30. The number of benzene rings is 1. The highest BCUT2D eigenvalue weighted by molar-refractivity contribution is 9.10. The molecule has 2 unspecified atom stereocenters. The van der Waals surface area contributed by atoms with Gasteiger partial charge in [-0.1, -0.05) is 35.0 Å². The molecule has 5 nitrogen and oxygen atoms in total. The molecule has 2 fully saturated rings. The Bertz CT molecular complexity index is 641. The van der Waals surface area contributed by atoms with Gasteiger partial charge in [-0.2, -0.15) is 0 Å². The van der Waals surface area contributed by atoms with E-state index in [1.807, 2.05) is 31.2 Å². The van der Waals surface area contributed by atoms with Crippen LogP contribution in [0.25, 0.3) is 0 Å². The molecule has 0 radical (unpaired) electrons. The van der Waals surface area contributed by atoms with Crippen LogP contribution in [-0.4, -0.2) is 37.1 Å². The Balaban J connectivity index is 1.40. The van der Waals surface area contributed by atoms with E-state index in [4.69, 9.17) is 4.74 Å². The molecular formula is C19H25BrN2O3. The van der Waals surface area contributed by atoms with Gasteiger partial charge in [-0.05, 0) is 49.8 Å². The zero-order valence-electron chi connectivity index (χ0n) is 14.7. The fourth-order valence-corrected chi connectivity index (χ4v) is 4.17. The maximum atomic E-state index is 12.0. The minimum Gasteiger partial charge on any atom is -0.378 e. The predicted octanol–water partition coefficient (Wildman–Crippen LogP) is 2.74. The Labute approximate surface area is 157 Å². The van der Waals surface area contributed by atoms with Crippen molar-refractivity contribution in [3.63, 3.8) is 0 Å². The molecule has 0 bridgehead atoms. The molecule has 2 N–H and O–H groups in total. The Kier molecular flexibility index (Phi) is 5.49. The number of hydrogen-bond donors (Lipinski definition) is 2. The van der Waals surface area contributed by atoms with Crippen LogP contribution in [0.3, 0.4) is 0 Å². The fraction of sp³-hybridized carbons (Fsp3) is 0.579. The van der Waals surface area contributed by atoms with Crippen molar-refractivity contribution in [1.82, 2.24) is 10.6 Å². The van der Waals surface area contributed by atoms with Crippen LogP contribution in [0, 0.1) is 5.41 Å². The van der Waals surface area contributed by atoms with Gasteiger partial charge in [-0.3, -0.25) is 9.59 Å². The normalized spacial score (nSPS) is 29.1. The van der Waals surface area contributed by atoms with Gasteiger partial charge in [0.15, 0.2) is 0 Å². The zero-order chi connectivity index (χ0) is 18.0. The molecule has 2 amide bonds. The molecule has 1 saturated carbocycles. The van der Waals surface area contributed by atoms with Crippen LogP contribution in [0.15, 0.2) is 28.7 Å². The fourth-order valence-electron chi connectivity index (χ4n) is 3.91. The van der Waals surface area contributed by atoms with Gasteiger partial charge in [0.05, 0.1) is 12.7 Å². The van der Waals surface area contributed by atoms with E-state index in [0.29, 0.717) is 12.6 Å². The smallest absolute Gasteiger partial charge is 0.309 e. The Morgan fingerprint density at radius 1 is 1.24 bits per heavy atom. The van der Waals surface area contributed by atoms with E-state index in [1.165, 1.54) is 0 Å². The first-order valence-electron chi connectivity index (χ1n) is 8.83. The summed E-state index contributed by atoms with van der Waals surface area (Å²) in [5.41, 5.74) is 1.35. The Hall–Kier alpha value is -1.40. The van der Waals surface area contributed by atoms with Gasteiger partial charge in [0.2, 0.25) is 0 Å². The number of ether oxygens (including phenoxy) is 1. The highest BCUT2D eigenvalue weighted by Gasteiger charge is 2.49. The molecule has 3 rings (SSSR count). The number of rotatable bonds is 4. The molecule has 2 aliphatic rings. The SMILES string of the molecule is CC1CC2(CO1)CC(NC(=O)C(=O)NCC(C)c1ccc(Br)cc1)C2. The van der Waals surface area contributed by atoms with Crippen molar-refractivity contribution in [2.45, 2.75) is 51.2 Å². The van der Waals surface area contributed by atoms with E-state index in [0.717, 1.165) is 35.9 Å². The molecule has 1 aliphatic carbocycles. The number of halogens is 1. The standard InChI is InChI=1S/C19H25BrN2O3/c1-12(14-3-5-15(20)6-4-14)10-21-17(23)18(24)22-16-8-19(9-16)7-13(2)25-11-19/h3-6,12-13,16H,7-11H2,1-2H3,(H,21,23)(H,22,24). The average molecular weight is 409 g/mol. The summed E-state index contributed by atoms with van der Waals surface area (Å²) < 4.78 is 6.65. The second-order valence-corrected chi connectivity index (χ2v) is 8.48. The van der Waals surface area contributed by atoms with E-state index in [-0.39, 0.29) is 17.4 Å². The second-order valence-electron chi connectivity index (χ2n) is 7.57. The number of hydrogen-bond acceptors (Lipinski definition) is 3. The van der Waals surface area contributed by atoms with Gasteiger partial charge < -0.3 is 15.4 Å². The molecule has 25 heavy (non-hydrogen) atoms. The number of carbonyl (C=O) groups excluding carboxylic acids is 2. The minimum atomic E-state index is -0.555. The summed E-state index contributed by atoms with van der Waals surface area (Å²) in [6.07, 6.45) is 3.17. The van der Waals surface area contributed by atoms with Gasteiger partial charge in [0.25, 0.3) is 0 Å². The van der Waals surface area contributed by atoms with Crippen LogP contribution in [0.4, 0.5) is 0 Å². The van der Waals surface area contributed by atoms with Crippen LogP contribution < -0.4 is 10.6 Å². The van der Waals surface area contributed by atoms with Crippen molar-refractivity contribution in [2.24, 2.45) is 5.41 Å². The second kappa shape index (κ2) is 7.46. The van der Waals surface area contributed by atoms with Crippen molar-refractivity contribution >= 4 is 27.7 Å². The Morgan fingerprint density at radius 3 is 2.52 bits per heavy atom. The number of amides is 2. The van der Waals surface area contributed by atoms with E-state index in [2.05, 4.69) is 33.5 Å². The van der Waals surface area contributed by atoms with E-state index < -0.39 is 11.8 Å². The summed E-state index contributed by atoms with van der Waals surface area (Å²) in [7, 11) is 0. The van der Waals surface area contributed by atoms with Crippen LogP contribution in [0.5, 0.6) is 0 Å². The first-order chi connectivity index (χ1) is 11.9. The third kappa shape index (κ3) is 4.42. The van der Waals surface area contributed by atoms with E-state index >= 15 is 0 Å². The van der Waals surface area contributed by atoms with E-state index in [1.54, 1.807) is 0 Å². The molecule has 1 aliphatic heterocycles. The van der Waals surface area contributed by atoms with E-state index in [9.17, 15) is 9.59 Å². The maximum absolute atomic E-state index is 12.0. The third-order valence-corrected chi connectivity index (χ3v) is 5.83. The molecule has 0 aromatic heterocycles. The zero-order valence-corrected chi connectivity index (χ0v) is 16.3. The van der Waals surface area contributed by atoms with Crippen molar-refractivity contribution < 1.29 is 14.3 Å². The van der Waals surface area contributed by atoms with Crippen LogP contribution >= 0.6 is 15.9 Å². The van der Waals surface area contributed by atoms with Gasteiger partial charge >= 0.3 is 11.8 Å². The lowest BCUT2D eigenvalue weighted by Crippen LogP contribution is -2.54. The molecule has 1 spiro atoms. The molecule has 2 atom stereocenters.